The van der Waals surface area contributed by atoms with E-state index in [9.17, 15) is 0 Å². The number of nitrogens with zero attached hydrogens (tertiary/aromatic N) is 1. The highest BCUT2D eigenvalue weighted by Crippen LogP contribution is 2.31. The number of methoxy groups -OCH3 is 1. The van der Waals surface area contributed by atoms with Crippen molar-refractivity contribution in [2.24, 2.45) is 5.73 Å². The second-order valence-electron chi connectivity index (χ2n) is 4.00. The minimum atomic E-state index is 0.262. The van der Waals surface area contributed by atoms with Gasteiger partial charge in [-0.25, -0.2) is 0 Å². The monoisotopic (exact) mass is 218 g/mol. The SMILES string of the molecule is COCCCN(C)C1(CN)CCSC1. The van der Waals surface area contributed by atoms with Gasteiger partial charge in [-0.3, -0.25) is 4.90 Å². The largest absolute Gasteiger partial charge is 0.385 e. The van der Waals surface area contributed by atoms with Gasteiger partial charge in [-0.05, 0) is 25.6 Å². The van der Waals surface area contributed by atoms with E-state index in [1.807, 2.05) is 11.8 Å². The summed E-state index contributed by atoms with van der Waals surface area (Å²) in [6.07, 6.45) is 2.33. The van der Waals surface area contributed by atoms with Crippen molar-refractivity contribution in [3.8, 4) is 0 Å². The van der Waals surface area contributed by atoms with Crippen LogP contribution in [0.5, 0.6) is 0 Å². The highest BCUT2D eigenvalue weighted by Gasteiger charge is 2.36. The summed E-state index contributed by atoms with van der Waals surface area (Å²) in [5, 5.41) is 0. The zero-order valence-electron chi connectivity index (χ0n) is 9.29. The summed E-state index contributed by atoms with van der Waals surface area (Å²) in [6, 6.07) is 0. The fraction of sp³-hybridized carbons (Fsp3) is 1.00. The summed E-state index contributed by atoms with van der Waals surface area (Å²) in [6.45, 7) is 2.72. The number of likely N-dealkylation sites (N-methyl/N-ethyl adjacent to an activating group) is 1. The van der Waals surface area contributed by atoms with Crippen molar-refractivity contribution in [1.82, 2.24) is 4.90 Å². The van der Waals surface area contributed by atoms with Gasteiger partial charge in [-0.1, -0.05) is 0 Å². The van der Waals surface area contributed by atoms with Crippen molar-refractivity contribution >= 4 is 11.8 Å². The summed E-state index contributed by atoms with van der Waals surface area (Å²) >= 11 is 2.02. The molecule has 0 amide bonds. The van der Waals surface area contributed by atoms with Gasteiger partial charge in [0.05, 0.1) is 0 Å². The highest BCUT2D eigenvalue weighted by atomic mass is 32.2. The van der Waals surface area contributed by atoms with Crippen molar-refractivity contribution in [3.05, 3.63) is 0 Å². The van der Waals surface area contributed by atoms with E-state index in [0.29, 0.717) is 0 Å². The van der Waals surface area contributed by atoms with E-state index in [1.165, 1.54) is 17.9 Å². The van der Waals surface area contributed by atoms with Crippen LogP contribution in [0.4, 0.5) is 0 Å². The minimum absolute atomic E-state index is 0.262. The number of ether oxygens (including phenoxy) is 1. The third-order valence-electron chi connectivity index (χ3n) is 3.11. The lowest BCUT2D eigenvalue weighted by atomic mass is 9.97. The van der Waals surface area contributed by atoms with Gasteiger partial charge >= 0.3 is 0 Å². The Morgan fingerprint density at radius 3 is 2.86 bits per heavy atom. The third-order valence-corrected chi connectivity index (χ3v) is 4.35. The zero-order chi connectivity index (χ0) is 10.4. The van der Waals surface area contributed by atoms with Crippen LogP contribution in [0, 0.1) is 0 Å². The molecule has 14 heavy (non-hydrogen) atoms. The normalized spacial score (nSPS) is 27.4. The molecule has 4 heteroatoms. The number of hydrogen-bond donors (Lipinski definition) is 1. The fourth-order valence-electron chi connectivity index (χ4n) is 1.90. The molecule has 1 heterocycles. The predicted octanol–water partition coefficient (Wildman–Crippen LogP) is 0.789. The molecule has 1 saturated heterocycles. The van der Waals surface area contributed by atoms with Crippen LogP contribution in [0.2, 0.25) is 0 Å². The Hall–Kier alpha value is 0.230. The van der Waals surface area contributed by atoms with Gasteiger partial charge in [0.25, 0.3) is 0 Å². The van der Waals surface area contributed by atoms with Crippen molar-refractivity contribution in [2.75, 3.05) is 45.4 Å². The Kier molecular flexibility index (Phi) is 5.23. The smallest absolute Gasteiger partial charge is 0.0474 e. The van der Waals surface area contributed by atoms with Gasteiger partial charge in [-0.2, -0.15) is 11.8 Å². The molecule has 3 nitrogen and oxygen atoms in total. The van der Waals surface area contributed by atoms with E-state index in [4.69, 9.17) is 10.5 Å². The molecule has 1 aliphatic rings. The molecule has 1 aliphatic heterocycles. The molecule has 1 unspecified atom stereocenters. The Bertz CT molecular complexity index is 160. The lowest BCUT2D eigenvalue weighted by Crippen LogP contribution is -2.52. The van der Waals surface area contributed by atoms with Crippen LogP contribution in [0.15, 0.2) is 0 Å². The Labute approximate surface area is 91.4 Å². The Balaban J connectivity index is 2.35. The van der Waals surface area contributed by atoms with Crippen LogP contribution >= 0.6 is 11.8 Å². The maximum atomic E-state index is 5.89. The molecule has 0 bridgehead atoms. The predicted molar refractivity (Wildman–Crippen MR) is 62.9 cm³/mol. The van der Waals surface area contributed by atoms with E-state index in [1.54, 1.807) is 7.11 Å². The van der Waals surface area contributed by atoms with Crippen LogP contribution in [-0.2, 0) is 4.74 Å². The van der Waals surface area contributed by atoms with E-state index in [0.717, 1.165) is 26.1 Å². The second-order valence-corrected chi connectivity index (χ2v) is 5.10. The van der Waals surface area contributed by atoms with Crippen LogP contribution in [0.25, 0.3) is 0 Å². The van der Waals surface area contributed by atoms with Gasteiger partial charge in [0.15, 0.2) is 0 Å². The lowest BCUT2D eigenvalue weighted by molar-refractivity contribution is 0.125. The Morgan fingerprint density at radius 2 is 2.36 bits per heavy atom. The number of nitrogens with two attached hydrogens (primary N) is 1. The summed E-state index contributed by atoms with van der Waals surface area (Å²) in [5.41, 5.74) is 6.15. The molecule has 0 saturated carbocycles. The number of hydrogen-bond acceptors (Lipinski definition) is 4. The number of thioether (sulfide) groups is 1. The van der Waals surface area contributed by atoms with Crippen LogP contribution in [0.1, 0.15) is 12.8 Å². The lowest BCUT2D eigenvalue weighted by Gasteiger charge is -2.37. The van der Waals surface area contributed by atoms with Gasteiger partial charge in [0.2, 0.25) is 0 Å². The Morgan fingerprint density at radius 1 is 1.57 bits per heavy atom. The van der Waals surface area contributed by atoms with E-state index in [2.05, 4.69) is 11.9 Å². The first kappa shape index (κ1) is 12.3. The molecular formula is C10H22N2OS. The second kappa shape index (κ2) is 5.95. The molecule has 0 spiro atoms. The third kappa shape index (κ3) is 2.86. The average molecular weight is 218 g/mol. The zero-order valence-corrected chi connectivity index (χ0v) is 10.1. The van der Waals surface area contributed by atoms with Crippen LogP contribution < -0.4 is 5.73 Å². The standard InChI is InChI=1S/C10H22N2OS/c1-12(5-3-6-13-2)10(8-11)4-7-14-9-10/h3-9,11H2,1-2H3. The summed E-state index contributed by atoms with van der Waals surface area (Å²) in [7, 11) is 3.94. The van der Waals surface area contributed by atoms with E-state index in [-0.39, 0.29) is 5.54 Å². The van der Waals surface area contributed by atoms with Gasteiger partial charge in [-0.15, -0.1) is 0 Å². The van der Waals surface area contributed by atoms with E-state index >= 15 is 0 Å². The topological polar surface area (TPSA) is 38.5 Å². The molecular weight excluding hydrogens is 196 g/mol. The van der Waals surface area contributed by atoms with Gasteiger partial charge < -0.3 is 10.5 Å². The van der Waals surface area contributed by atoms with Crippen LogP contribution in [0.3, 0.4) is 0 Å². The summed E-state index contributed by atoms with van der Waals surface area (Å²) < 4.78 is 5.06. The number of rotatable bonds is 6. The van der Waals surface area contributed by atoms with Gasteiger partial charge in [0, 0.05) is 38.1 Å². The molecule has 84 valence electrons. The molecule has 0 aromatic carbocycles. The molecule has 0 aromatic heterocycles. The van der Waals surface area contributed by atoms with Crippen molar-refractivity contribution in [3.63, 3.8) is 0 Å². The van der Waals surface area contributed by atoms with Crippen molar-refractivity contribution in [1.29, 1.82) is 0 Å². The maximum absolute atomic E-state index is 5.89. The van der Waals surface area contributed by atoms with E-state index < -0.39 is 0 Å². The maximum Gasteiger partial charge on any atom is 0.0474 e. The average Bonchev–Trinajstić information content (AvgIpc) is 2.67. The molecule has 0 aliphatic carbocycles. The molecule has 2 N–H and O–H groups in total. The first-order valence-corrected chi connectivity index (χ1v) is 6.38. The fourth-order valence-corrected chi connectivity index (χ4v) is 3.43. The van der Waals surface area contributed by atoms with Gasteiger partial charge in [0.1, 0.15) is 0 Å². The van der Waals surface area contributed by atoms with Crippen molar-refractivity contribution in [2.45, 2.75) is 18.4 Å². The van der Waals surface area contributed by atoms with Crippen LogP contribution in [-0.4, -0.2) is 55.8 Å². The quantitative estimate of drug-likeness (QED) is 0.669. The summed E-state index contributed by atoms with van der Waals surface area (Å²) in [5.74, 6) is 2.44. The van der Waals surface area contributed by atoms with Crippen molar-refractivity contribution < 1.29 is 4.74 Å². The molecule has 1 atom stereocenters. The molecule has 0 radical (unpaired) electrons. The minimum Gasteiger partial charge on any atom is -0.385 e. The molecule has 0 aromatic rings. The summed E-state index contributed by atoms with van der Waals surface area (Å²) in [4.78, 5) is 2.42. The molecule has 1 fully saturated rings. The molecule has 1 rings (SSSR count). The first-order chi connectivity index (χ1) is 6.75. The first-order valence-electron chi connectivity index (χ1n) is 5.23. The highest BCUT2D eigenvalue weighted by molar-refractivity contribution is 7.99.